The lowest BCUT2D eigenvalue weighted by atomic mass is 10.1. The van der Waals surface area contributed by atoms with Crippen LogP contribution >= 0.6 is 0 Å². The number of nitrogens with zero attached hydrogens (tertiary/aromatic N) is 1. The number of benzene rings is 2. The van der Waals surface area contributed by atoms with Crippen molar-refractivity contribution < 1.29 is 17.6 Å². The van der Waals surface area contributed by atoms with Gasteiger partial charge in [0.05, 0.1) is 16.9 Å². The maximum absolute atomic E-state index is 12.8. The minimum atomic E-state index is -3.58. The van der Waals surface area contributed by atoms with E-state index in [0.29, 0.717) is 11.3 Å². The minimum Gasteiger partial charge on any atom is -0.459 e. The van der Waals surface area contributed by atoms with Gasteiger partial charge in [0.15, 0.2) is 15.6 Å². The topological polar surface area (TPSA) is 79.6 Å². The number of anilines is 2. The Morgan fingerprint density at radius 1 is 1.07 bits per heavy atom. The van der Waals surface area contributed by atoms with Crippen molar-refractivity contribution in [3.05, 3.63) is 77.7 Å². The maximum atomic E-state index is 12.8. The number of carbonyl (C=O) groups is 1. The van der Waals surface area contributed by atoms with Gasteiger partial charge < -0.3 is 14.6 Å². The predicted octanol–water partition coefficient (Wildman–Crippen LogP) is 4.41. The molecule has 1 saturated heterocycles. The molecule has 0 bridgehead atoms. The van der Waals surface area contributed by atoms with Gasteiger partial charge in [-0.15, -0.1) is 0 Å². The summed E-state index contributed by atoms with van der Waals surface area (Å²) >= 11 is 0. The Morgan fingerprint density at radius 3 is 2.50 bits per heavy atom. The second-order valence-corrected chi connectivity index (χ2v) is 9.49. The van der Waals surface area contributed by atoms with Crippen molar-refractivity contribution in [3.8, 4) is 0 Å². The van der Waals surface area contributed by atoms with Crippen LogP contribution in [0.5, 0.6) is 0 Å². The van der Waals surface area contributed by atoms with Gasteiger partial charge >= 0.3 is 0 Å². The molecule has 1 amide bonds. The van der Waals surface area contributed by atoms with Crippen molar-refractivity contribution >= 4 is 27.1 Å². The Bertz CT molecular complexity index is 1150. The zero-order valence-corrected chi connectivity index (χ0v) is 17.6. The third-order valence-electron chi connectivity index (χ3n) is 5.30. The number of furan rings is 1. The summed E-state index contributed by atoms with van der Waals surface area (Å²) < 4.78 is 30.7. The van der Waals surface area contributed by atoms with Crippen molar-refractivity contribution in [2.24, 2.45) is 0 Å². The summed E-state index contributed by atoms with van der Waals surface area (Å²) in [5.41, 5.74) is 3.25. The molecule has 0 saturated carbocycles. The van der Waals surface area contributed by atoms with Crippen LogP contribution in [0.3, 0.4) is 0 Å². The monoisotopic (exact) mass is 424 g/mol. The van der Waals surface area contributed by atoms with E-state index in [4.69, 9.17) is 4.42 Å². The molecule has 0 spiro atoms. The number of hydrogen-bond acceptors (Lipinski definition) is 5. The fourth-order valence-electron chi connectivity index (χ4n) is 3.80. The fourth-order valence-corrected chi connectivity index (χ4v) is 5.17. The average Bonchev–Trinajstić information content (AvgIpc) is 3.41. The molecule has 0 unspecified atom stereocenters. The first kappa shape index (κ1) is 20.2. The lowest BCUT2D eigenvalue weighted by Crippen LogP contribution is -2.19. The largest absolute Gasteiger partial charge is 0.459 e. The quantitative estimate of drug-likeness (QED) is 0.634. The van der Waals surface area contributed by atoms with Crippen LogP contribution in [0.15, 0.2) is 70.2 Å². The van der Waals surface area contributed by atoms with Gasteiger partial charge in [0.1, 0.15) is 0 Å². The molecule has 1 aliphatic heterocycles. The zero-order valence-electron chi connectivity index (χ0n) is 16.8. The highest BCUT2D eigenvalue weighted by Crippen LogP contribution is 2.27. The number of hydrogen-bond donors (Lipinski definition) is 1. The molecule has 0 aliphatic carbocycles. The van der Waals surface area contributed by atoms with Crippen LogP contribution < -0.4 is 10.2 Å². The number of rotatable bonds is 6. The molecule has 3 aromatic rings. The van der Waals surface area contributed by atoms with E-state index in [1.54, 1.807) is 30.3 Å². The SMILES string of the molecule is Cc1cc(NC(=O)c2occc2CS(=O)(=O)c2ccccc2)ccc1N1CCCC1. The summed E-state index contributed by atoms with van der Waals surface area (Å²) in [5, 5.41) is 2.82. The van der Waals surface area contributed by atoms with Crippen LogP contribution in [0, 0.1) is 6.92 Å². The van der Waals surface area contributed by atoms with Crippen molar-refractivity contribution in [2.75, 3.05) is 23.3 Å². The molecule has 2 aromatic carbocycles. The number of nitrogens with one attached hydrogen (secondary N) is 1. The predicted molar refractivity (Wildman–Crippen MR) is 117 cm³/mol. The molecule has 0 atom stereocenters. The molecule has 1 N–H and O–H groups in total. The van der Waals surface area contributed by atoms with Crippen molar-refractivity contribution in [2.45, 2.75) is 30.4 Å². The second kappa shape index (κ2) is 8.36. The normalized spacial score (nSPS) is 14.1. The lowest BCUT2D eigenvalue weighted by molar-refractivity contribution is 0.0996. The van der Waals surface area contributed by atoms with E-state index in [-0.39, 0.29) is 16.4 Å². The summed E-state index contributed by atoms with van der Waals surface area (Å²) in [4.78, 5) is 15.3. The zero-order chi connectivity index (χ0) is 21.1. The minimum absolute atomic E-state index is 0.00998. The second-order valence-electron chi connectivity index (χ2n) is 7.50. The highest BCUT2D eigenvalue weighted by molar-refractivity contribution is 7.90. The average molecular weight is 425 g/mol. The molecule has 2 heterocycles. The molecule has 1 aromatic heterocycles. The highest BCUT2D eigenvalue weighted by atomic mass is 32.2. The molecule has 0 radical (unpaired) electrons. The lowest BCUT2D eigenvalue weighted by Gasteiger charge is -2.20. The summed E-state index contributed by atoms with van der Waals surface area (Å²) in [6.45, 7) is 4.13. The number of aryl methyl sites for hydroxylation is 1. The fraction of sp³-hybridized carbons (Fsp3) is 0.261. The number of amides is 1. The van der Waals surface area contributed by atoms with Crippen LogP contribution in [0.25, 0.3) is 0 Å². The summed E-state index contributed by atoms with van der Waals surface area (Å²) in [7, 11) is -3.58. The molecule has 156 valence electrons. The summed E-state index contributed by atoms with van der Waals surface area (Å²) in [5.74, 6) is -0.759. The Labute approximate surface area is 176 Å². The van der Waals surface area contributed by atoms with Crippen LogP contribution in [0.2, 0.25) is 0 Å². The van der Waals surface area contributed by atoms with E-state index in [1.807, 2.05) is 25.1 Å². The standard InChI is InChI=1S/C23H24N2O4S/c1-17-15-19(9-10-21(17)25-12-5-6-13-25)24-23(26)22-18(11-14-29-22)16-30(27,28)20-7-3-2-4-8-20/h2-4,7-11,14-15H,5-6,12-13,16H2,1H3,(H,24,26). The molecule has 7 heteroatoms. The summed E-state index contributed by atoms with van der Waals surface area (Å²) in [6, 6.07) is 15.5. The van der Waals surface area contributed by atoms with Crippen molar-refractivity contribution in [1.82, 2.24) is 0 Å². The third kappa shape index (κ3) is 4.26. The third-order valence-corrected chi connectivity index (χ3v) is 6.98. The van der Waals surface area contributed by atoms with Crippen LogP contribution in [-0.4, -0.2) is 27.4 Å². The first-order valence-corrected chi connectivity index (χ1v) is 11.6. The number of carbonyl (C=O) groups excluding carboxylic acids is 1. The molecular weight excluding hydrogens is 400 g/mol. The summed E-state index contributed by atoms with van der Waals surface area (Å²) in [6.07, 6.45) is 3.74. The van der Waals surface area contributed by atoms with Crippen LogP contribution in [0.1, 0.15) is 34.5 Å². The van der Waals surface area contributed by atoms with Gasteiger partial charge in [-0.25, -0.2) is 8.42 Å². The first-order chi connectivity index (χ1) is 14.4. The Kier molecular flexibility index (Phi) is 5.63. The number of sulfone groups is 1. The van der Waals surface area contributed by atoms with E-state index in [2.05, 4.69) is 10.2 Å². The van der Waals surface area contributed by atoms with E-state index < -0.39 is 15.7 Å². The van der Waals surface area contributed by atoms with E-state index in [9.17, 15) is 13.2 Å². The van der Waals surface area contributed by atoms with Crippen molar-refractivity contribution in [1.29, 1.82) is 0 Å². The Hall–Kier alpha value is -3.06. The first-order valence-electron chi connectivity index (χ1n) is 9.95. The van der Waals surface area contributed by atoms with E-state index in [1.165, 1.54) is 30.9 Å². The van der Waals surface area contributed by atoms with Gasteiger partial charge in [-0.3, -0.25) is 4.79 Å². The van der Waals surface area contributed by atoms with E-state index >= 15 is 0 Å². The molecule has 1 aliphatic rings. The molecule has 6 nitrogen and oxygen atoms in total. The molecule has 1 fully saturated rings. The Morgan fingerprint density at radius 2 is 1.80 bits per heavy atom. The van der Waals surface area contributed by atoms with E-state index in [0.717, 1.165) is 18.7 Å². The van der Waals surface area contributed by atoms with Crippen LogP contribution in [0.4, 0.5) is 11.4 Å². The van der Waals surface area contributed by atoms with Crippen LogP contribution in [-0.2, 0) is 15.6 Å². The molecule has 30 heavy (non-hydrogen) atoms. The molecule has 4 rings (SSSR count). The highest BCUT2D eigenvalue weighted by Gasteiger charge is 2.23. The van der Waals surface area contributed by atoms with Gasteiger partial charge in [-0.1, -0.05) is 18.2 Å². The van der Waals surface area contributed by atoms with Gasteiger partial charge in [0.25, 0.3) is 5.91 Å². The van der Waals surface area contributed by atoms with Gasteiger partial charge in [0.2, 0.25) is 0 Å². The smallest absolute Gasteiger partial charge is 0.291 e. The van der Waals surface area contributed by atoms with Gasteiger partial charge in [0, 0.05) is 30.0 Å². The van der Waals surface area contributed by atoms with Gasteiger partial charge in [-0.05, 0) is 61.7 Å². The van der Waals surface area contributed by atoms with Gasteiger partial charge in [-0.2, -0.15) is 0 Å². The molecular formula is C23H24N2O4S. The maximum Gasteiger partial charge on any atom is 0.291 e. The van der Waals surface area contributed by atoms with Crippen molar-refractivity contribution in [3.63, 3.8) is 0 Å². The Balaban J connectivity index is 1.50.